The van der Waals surface area contributed by atoms with E-state index < -0.39 is 0 Å². The smallest absolute Gasteiger partial charge is 0.118 e. The molecule has 1 aromatic carbocycles. The van der Waals surface area contributed by atoms with Crippen molar-refractivity contribution in [2.24, 2.45) is 5.92 Å². The molecule has 0 saturated heterocycles. The zero-order valence-electron chi connectivity index (χ0n) is 9.92. The Kier molecular flexibility index (Phi) is 5.19. The first-order chi connectivity index (χ1) is 7.26. The zero-order chi connectivity index (χ0) is 11.1. The molecule has 0 unspecified atom stereocenters. The van der Waals surface area contributed by atoms with Crippen LogP contribution in [0.3, 0.4) is 0 Å². The molecular weight excluding hydrogens is 186 g/mol. The highest BCUT2D eigenvalue weighted by atomic mass is 16.5. The lowest BCUT2D eigenvalue weighted by Gasteiger charge is -2.10. The molecule has 0 saturated carbocycles. The summed E-state index contributed by atoms with van der Waals surface area (Å²) in [6.45, 7) is 6.51. The van der Waals surface area contributed by atoms with E-state index in [1.165, 1.54) is 12.0 Å². The van der Waals surface area contributed by atoms with Crippen LogP contribution in [0, 0.1) is 5.92 Å². The number of nitrogens with one attached hydrogen (secondary N) is 1. The standard InChI is InChI=1S/C13H21NO/c1-4-11(2)9-14-10-12-5-7-13(15-3)8-6-12/h5-8,11,14H,4,9-10H2,1-3H3/t11-/m0/s1. The molecule has 0 radical (unpaired) electrons. The van der Waals surface area contributed by atoms with Crippen LogP contribution in [0.25, 0.3) is 0 Å². The Labute approximate surface area is 92.6 Å². The van der Waals surface area contributed by atoms with Crippen molar-refractivity contribution in [3.63, 3.8) is 0 Å². The summed E-state index contributed by atoms with van der Waals surface area (Å²) in [6.07, 6.45) is 1.23. The molecule has 2 nitrogen and oxygen atoms in total. The van der Waals surface area contributed by atoms with Crippen molar-refractivity contribution in [2.45, 2.75) is 26.8 Å². The van der Waals surface area contributed by atoms with Gasteiger partial charge in [-0.25, -0.2) is 0 Å². The fourth-order valence-electron chi connectivity index (χ4n) is 1.35. The molecule has 0 aliphatic carbocycles. The summed E-state index contributed by atoms with van der Waals surface area (Å²) in [5, 5.41) is 3.45. The maximum absolute atomic E-state index is 5.11. The Morgan fingerprint density at radius 3 is 2.47 bits per heavy atom. The molecule has 0 heterocycles. The van der Waals surface area contributed by atoms with Crippen molar-refractivity contribution in [3.05, 3.63) is 29.8 Å². The minimum Gasteiger partial charge on any atom is -0.497 e. The maximum Gasteiger partial charge on any atom is 0.118 e. The van der Waals surface area contributed by atoms with E-state index in [2.05, 4.69) is 31.3 Å². The van der Waals surface area contributed by atoms with Crippen LogP contribution in [-0.2, 0) is 6.54 Å². The first kappa shape index (κ1) is 12.1. The number of methoxy groups -OCH3 is 1. The maximum atomic E-state index is 5.11. The lowest BCUT2D eigenvalue weighted by Crippen LogP contribution is -2.20. The van der Waals surface area contributed by atoms with Gasteiger partial charge in [0.05, 0.1) is 7.11 Å². The summed E-state index contributed by atoms with van der Waals surface area (Å²) in [5.41, 5.74) is 1.30. The Morgan fingerprint density at radius 1 is 1.27 bits per heavy atom. The topological polar surface area (TPSA) is 21.3 Å². The highest BCUT2D eigenvalue weighted by molar-refractivity contribution is 5.26. The van der Waals surface area contributed by atoms with Gasteiger partial charge in [-0.15, -0.1) is 0 Å². The van der Waals surface area contributed by atoms with E-state index >= 15 is 0 Å². The van der Waals surface area contributed by atoms with Gasteiger partial charge >= 0.3 is 0 Å². The number of ether oxygens (including phenoxy) is 1. The van der Waals surface area contributed by atoms with Crippen LogP contribution < -0.4 is 10.1 Å². The van der Waals surface area contributed by atoms with E-state index in [9.17, 15) is 0 Å². The van der Waals surface area contributed by atoms with E-state index in [0.717, 1.165) is 24.8 Å². The van der Waals surface area contributed by atoms with Crippen LogP contribution in [0.2, 0.25) is 0 Å². The van der Waals surface area contributed by atoms with Crippen molar-refractivity contribution < 1.29 is 4.74 Å². The third kappa shape index (κ3) is 4.34. The second kappa shape index (κ2) is 6.46. The lowest BCUT2D eigenvalue weighted by molar-refractivity contribution is 0.414. The summed E-state index contributed by atoms with van der Waals surface area (Å²) in [6, 6.07) is 8.20. The van der Waals surface area contributed by atoms with Gasteiger partial charge in [0.1, 0.15) is 5.75 Å². The molecule has 1 rings (SSSR count). The van der Waals surface area contributed by atoms with E-state index in [1.54, 1.807) is 7.11 Å². The van der Waals surface area contributed by atoms with Crippen LogP contribution in [0.5, 0.6) is 5.75 Å². The van der Waals surface area contributed by atoms with E-state index in [4.69, 9.17) is 4.74 Å². The predicted molar refractivity (Wildman–Crippen MR) is 64.2 cm³/mol. The zero-order valence-corrected chi connectivity index (χ0v) is 9.92. The van der Waals surface area contributed by atoms with E-state index in [0.29, 0.717) is 0 Å². The van der Waals surface area contributed by atoms with Crippen LogP contribution >= 0.6 is 0 Å². The Morgan fingerprint density at radius 2 is 1.93 bits per heavy atom. The van der Waals surface area contributed by atoms with E-state index in [-0.39, 0.29) is 0 Å². The molecule has 0 amide bonds. The van der Waals surface area contributed by atoms with Gasteiger partial charge < -0.3 is 10.1 Å². The van der Waals surface area contributed by atoms with Crippen molar-refractivity contribution >= 4 is 0 Å². The predicted octanol–water partition coefficient (Wildman–Crippen LogP) is 2.83. The molecule has 0 aliphatic rings. The quantitative estimate of drug-likeness (QED) is 0.774. The molecule has 1 atom stereocenters. The highest BCUT2D eigenvalue weighted by Gasteiger charge is 1.98. The minimum absolute atomic E-state index is 0.753. The van der Waals surface area contributed by atoms with Crippen LogP contribution in [-0.4, -0.2) is 13.7 Å². The van der Waals surface area contributed by atoms with Crippen LogP contribution in [0.4, 0.5) is 0 Å². The molecular formula is C13H21NO. The van der Waals surface area contributed by atoms with Crippen molar-refractivity contribution in [3.8, 4) is 5.75 Å². The molecule has 1 N–H and O–H groups in total. The number of hydrogen-bond donors (Lipinski definition) is 1. The Hall–Kier alpha value is -1.02. The normalized spacial score (nSPS) is 12.5. The minimum atomic E-state index is 0.753. The average Bonchev–Trinajstić information content (AvgIpc) is 2.29. The molecule has 1 aromatic rings. The third-order valence-electron chi connectivity index (χ3n) is 2.68. The van der Waals surface area contributed by atoms with Crippen molar-refractivity contribution in [1.82, 2.24) is 5.32 Å². The summed E-state index contributed by atoms with van der Waals surface area (Å²) in [5.74, 6) is 1.67. The SMILES string of the molecule is CC[C@H](C)CNCc1ccc(OC)cc1. The second-order valence-electron chi connectivity index (χ2n) is 3.99. The van der Waals surface area contributed by atoms with Crippen molar-refractivity contribution in [1.29, 1.82) is 0 Å². The Bertz CT molecular complexity index is 268. The lowest BCUT2D eigenvalue weighted by atomic mass is 10.1. The van der Waals surface area contributed by atoms with Gasteiger partial charge in [-0.2, -0.15) is 0 Å². The van der Waals surface area contributed by atoms with Gasteiger partial charge in [-0.1, -0.05) is 32.4 Å². The third-order valence-corrected chi connectivity index (χ3v) is 2.68. The number of benzene rings is 1. The molecule has 15 heavy (non-hydrogen) atoms. The van der Waals surface area contributed by atoms with Gasteiger partial charge in [-0.3, -0.25) is 0 Å². The number of rotatable bonds is 6. The number of hydrogen-bond acceptors (Lipinski definition) is 2. The molecule has 84 valence electrons. The first-order valence-corrected chi connectivity index (χ1v) is 5.60. The largest absolute Gasteiger partial charge is 0.497 e. The molecule has 0 bridgehead atoms. The summed E-state index contributed by atoms with van der Waals surface area (Å²) < 4.78 is 5.11. The molecule has 2 heteroatoms. The van der Waals surface area contributed by atoms with Gasteiger partial charge in [0.2, 0.25) is 0 Å². The highest BCUT2D eigenvalue weighted by Crippen LogP contribution is 2.11. The molecule has 0 fully saturated rings. The summed E-state index contributed by atoms with van der Waals surface area (Å²) in [4.78, 5) is 0. The van der Waals surface area contributed by atoms with Gasteiger partial charge in [0.15, 0.2) is 0 Å². The van der Waals surface area contributed by atoms with Gasteiger partial charge in [-0.05, 0) is 30.2 Å². The molecule has 0 spiro atoms. The average molecular weight is 207 g/mol. The Balaban J connectivity index is 2.31. The fraction of sp³-hybridized carbons (Fsp3) is 0.538. The van der Waals surface area contributed by atoms with Gasteiger partial charge in [0.25, 0.3) is 0 Å². The first-order valence-electron chi connectivity index (χ1n) is 5.60. The molecule has 0 aromatic heterocycles. The summed E-state index contributed by atoms with van der Waals surface area (Å²) >= 11 is 0. The molecule has 0 aliphatic heterocycles. The van der Waals surface area contributed by atoms with Crippen LogP contribution in [0.1, 0.15) is 25.8 Å². The monoisotopic (exact) mass is 207 g/mol. The fourth-order valence-corrected chi connectivity index (χ4v) is 1.35. The van der Waals surface area contributed by atoms with E-state index in [1.807, 2.05) is 12.1 Å². The van der Waals surface area contributed by atoms with Gasteiger partial charge in [0, 0.05) is 6.54 Å². The van der Waals surface area contributed by atoms with Crippen LogP contribution in [0.15, 0.2) is 24.3 Å². The summed E-state index contributed by atoms with van der Waals surface area (Å²) in [7, 11) is 1.69. The van der Waals surface area contributed by atoms with Crippen molar-refractivity contribution in [2.75, 3.05) is 13.7 Å². The second-order valence-corrected chi connectivity index (χ2v) is 3.99.